The van der Waals surface area contributed by atoms with E-state index in [1.807, 2.05) is 4.90 Å². The lowest BCUT2D eigenvalue weighted by atomic mass is 10.1. The van der Waals surface area contributed by atoms with E-state index in [0.29, 0.717) is 43.3 Å². The maximum atomic E-state index is 14.0. The van der Waals surface area contributed by atoms with Crippen LogP contribution in [0, 0.1) is 0 Å². The van der Waals surface area contributed by atoms with Crippen molar-refractivity contribution in [3.8, 4) is 11.7 Å². The van der Waals surface area contributed by atoms with Gasteiger partial charge < -0.3 is 29.3 Å². The largest absolute Gasteiger partial charge is 0.470 e. The van der Waals surface area contributed by atoms with Crippen LogP contribution >= 0.6 is 0 Å². The Hall–Kier alpha value is -4.07. The van der Waals surface area contributed by atoms with Gasteiger partial charge in [0.05, 0.1) is 44.4 Å². The molecule has 2 aliphatic rings. The number of para-hydroxylation sites is 2. The third-order valence-corrected chi connectivity index (χ3v) is 6.04. The number of fused-ring (bicyclic) bond motifs is 1. The van der Waals surface area contributed by atoms with Gasteiger partial charge in [-0.1, -0.05) is 12.1 Å². The van der Waals surface area contributed by atoms with Gasteiger partial charge in [0.2, 0.25) is 17.7 Å². The number of aromatic nitrogens is 4. The van der Waals surface area contributed by atoms with Gasteiger partial charge in [0, 0.05) is 19.2 Å². The van der Waals surface area contributed by atoms with Gasteiger partial charge in [-0.15, -0.1) is 0 Å². The molecule has 2 aromatic heterocycles. The Morgan fingerprint density at radius 3 is 2.65 bits per heavy atom. The summed E-state index contributed by atoms with van der Waals surface area (Å²) in [5.41, 5.74) is 0.898. The first-order valence-electron chi connectivity index (χ1n) is 11.7. The third kappa shape index (κ3) is 5.23. The molecule has 1 aromatic carbocycles. The number of ether oxygens (including phenoxy) is 3. The highest BCUT2D eigenvalue weighted by Crippen LogP contribution is 2.30. The van der Waals surface area contributed by atoms with E-state index in [1.54, 1.807) is 24.3 Å². The second-order valence-corrected chi connectivity index (χ2v) is 8.44. The SMILES string of the molecule is COC(=O)NCC(=O)N1CC(Oc2cc(-n3c(C(F)F)nc4ccccc43)nc(N3CCOCC3)n2)C1. The molecule has 5 rings (SSSR count). The molecular weight excluding hydrogens is 492 g/mol. The van der Waals surface area contributed by atoms with E-state index < -0.39 is 18.3 Å². The van der Waals surface area contributed by atoms with Crippen LogP contribution in [0.25, 0.3) is 16.9 Å². The Labute approximate surface area is 210 Å². The van der Waals surface area contributed by atoms with Crippen molar-refractivity contribution < 1.29 is 32.6 Å². The summed E-state index contributed by atoms with van der Waals surface area (Å²) in [5, 5.41) is 2.34. The molecule has 12 nitrogen and oxygen atoms in total. The van der Waals surface area contributed by atoms with Gasteiger partial charge in [0.15, 0.2) is 5.82 Å². The minimum Gasteiger partial charge on any atom is -0.470 e. The van der Waals surface area contributed by atoms with Crippen LogP contribution in [0.2, 0.25) is 0 Å². The van der Waals surface area contributed by atoms with Crippen LogP contribution in [0.5, 0.6) is 5.88 Å². The molecule has 2 saturated heterocycles. The van der Waals surface area contributed by atoms with E-state index in [-0.39, 0.29) is 43.3 Å². The van der Waals surface area contributed by atoms with Crippen LogP contribution in [-0.4, -0.2) is 95.6 Å². The van der Waals surface area contributed by atoms with E-state index in [9.17, 15) is 18.4 Å². The molecule has 3 aromatic rings. The summed E-state index contributed by atoms with van der Waals surface area (Å²) in [6, 6.07) is 8.32. The number of alkyl halides is 2. The fourth-order valence-electron chi connectivity index (χ4n) is 4.13. The molecule has 14 heteroatoms. The summed E-state index contributed by atoms with van der Waals surface area (Å²) in [4.78, 5) is 40.0. The van der Waals surface area contributed by atoms with E-state index in [2.05, 4.69) is 25.0 Å². The van der Waals surface area contributed by atoms with Gasteiger partial charge in [-0.2, -0.15) is 9.97 Å². The van der Waals surface area contributed by atoms with E-state index in [1.165, 1.54) is 22.6 Å². The highest BCUT2D eigenvalue weighted by atomic mass is 19.3. The number of rotatable bonds is 7. The molecule has 2 amide bonds. The summed E-state index contributed by atoms with van der Waals surface area (Å²) in [5.74, 6) is -0.00553. The summed E-state index contributed by atoms with van der Waals surface area (Å²) < 4.78 is 45.2. The number of amides is 2. The smallest absolute Gasteiger partial charge is 0.407 e. The number of nitrogens with zero attached hydrogens (tertiary/aromatic N) is 6. The van der Waals surface area contributed by atoms with Gasteiger partial charge in [-0.25, -0.2) is 18.6 Å². The lowest BCUT2D eigenvalue weighted by Crippen LogP contribution is -2.58. The Morgan fingerprint density at radius 2 is 1.92 bits per heavy atom. The summed E-state index contributed by atoms with van der Waals surface area (Å²) in [6.45, 7) is 2.41. The van der Waals surface area contributed by atoms with Gasteiger partial charge in [-0.05, 0) is 12.1 Å². The number of halogens is 2. The van der Waals surface area contributed by atoms with Crippen LogP contribution in [0.4, 0.5) is 19.5 Å². The molecular formula is C23H25F2N7O5. The Kier molecular flexibility index (Phi) is 6.99. The lowest BCUT2D eigenvalue weighted by Gasteiger charge is -2.38. The molecule has 0 bridgehead atoms. The van der Waals surface area contributed by atoms with Crippen LogP contribution in [0.3, 0.4) is 0 Å². The Bertz CT molecular complexity index is 1290. The summed E-state index contributed by atoms with van der Waals surface area (Å²) in [6.07, 6.45) is -3.89. The normalized spacial score (nSPS) is 16.1. The van der Waals surface area contributed by atoms with Crippen molar-refractivity contribution >= 4 is 29.0 Å². The van der Waals surface area contributed by atoms with Crippen molar-refractivity contribution in [1.82, 2.24) is 29.7 Å². The number of hydrogen-bond acceptors (Lipinski definition) is 9. The molecule has 0 unspecified atom stereocenters. The molecule has 0 spiro atoms. The predicted octanol–water partition coefficient (Wildman–Crippen LogP) is 1.54. The van der Waals surface area contributed by atoms with Gasteiger partial charge in [0.25, 0.3) is 6.43 Å². The van der Waals surface area contributed by atoms with E-state index in [4.69, 9.17) is 9.47 Å². The predicted molar refractivity (Wildman–Crippen MR) is 126 cm³/mol. The number of carbonyl (C=O) groups is 2. The maximum absolute atomic E-state index is 14.0. The van der Waals surface area contributed by atoms with Crippen molar-refractivity contribution in [1.29, 1.82) is 0 Å². The second kappa shape index (κ2) is 10.5. The van der Waals surface area contributed by atoms with Crippen molar-refractivity contribution in [3.63, 3.8) is 0 Å². The number of benzene rings is 1. The van der Waals surface area contributed by atoms with Crippen LogP contribution in [-0.2, 0) is 14.3 Å². The van der Waals surface area contributed by atoms with E-state index in [0.717, 1.165) is 0 Å². The molecule has 0 atom stereocenters. The fourth-order valence-corrected chi connectivity index (χ4v) is 4.13. The van der Waals surface area contributed by atoms with Crippen LogP contribution < -0.4 is 15.0 Å². The van der Waals surface area contributed by atoms with Crippen LogP contribution in [0.15, 0.2) is 30.3 Å². The zero-order valence-corrected chi connectivity index (χ0v) is 20.0. The molecule has 0 saturated carbocycles. The molecule has 1 N–H and O–H groups in total. The average molecular weight is 517 g/mol. The number of carbonyl (C=O) groups excluding carboxylic acids is 2. The van der Waals surface area contributed by atoms with Crippen molar-refractivity contribution in [3.05, 3.63) is 36.2 Å². The number of methoxy groups -OCH3 is 1. The highest BCUT2D eigenvalue weighted by Gasteiger charge is 2.33. The number of likely N-dealkylation sites (tertiary alicyclic amines) is 1. The fraction of sp³-hybridized carbons (Fsp3) is 0.435. The Balaban J connectivity index is 1.41. The van der Waals surface area contributed by atoms with Gasteiger partial charge in [-0.3, -0.25) is 9.36 Å². The first-order chi connectivity index (χ1) is 17.9. The number of imidazole rings is 1. The molecule has 37 heavy (non-hydrogen) atoms. The quantitative estimate of drug-likeness (QED) is 0.497. The summed E-state index contributed by atoms with van der Waals surface area (Å²) in [7, 11) is 1.21. The van der Waals surface area contributed by atoms with E-state index >= 15 is 0 Å². The molecule has 2 aliphatic heterocycles. The zero-order valence-electron chi connectivity index (χ0n) is 20.0. The average Bonchev–Trinajstić information content (AvgIpc) is 3.29. The van der Waals surface area contributed by atoms with Crippen molar-refractivity contribution in [2.45, 2.75) is 12.5 Å². The number of morpholine rings is 1. The topological polar surface area (TPSA) is 124 Å². The number of anilines is 1. The standard InChI is InChI=1S/C23H25F2N7O5/c1-35-23(34)26-11-19(33)31-12-14(13-31)37-18-10-17(28-22(29-18)30-6-8-36-9-7-30)32-16-5-3-2-4-15(16)27-21(32)20(24)25/h2-5,10,14,20H,6-9,11-13H2,1H3,(H,26,34). The van der Waals surface area contributed by atoms with Gasteiger partial charge >= 0.3 is 6.09 Å². The Morgan fingerprint density at radius 1 is 1.16 bits per heavy atom. The lowest BCUT2D eigenvalue weighted by molar-refractivity contribution is -0.139. The van der Waals surface area contributed by atoms with Crippen molar-refractivity contribution in [2.24, 2.45) is 0 Å². The molecule has 0 radical (unpaired) electrons. The molecule has 196 valence electrons. The van der Waals surface area contributed by atoms with Gasteiger partial charge in [0.1, 0.15) is 18.5 Å². The number of alkyl carbamates (subject to hydrolysis) is 1. The molecule has 0 aliphatic carbocycles. The highest BCUT2D eigenvalue weighted by molar-refractivity contribution is 5.83. The second-order valence-electron chi connectivity index (χ2n) is 8.44. The van der Waals surface area contributed by atoms with Crippen molar-refractivity contribution in [2.75, 3.05) is 57.9 Å². The maximum Gasteiger partial charge on any atom is 0.407 e. The zero-order chi connectivity index (χ0) is 25.9. The first-order valence-corrected chi connectivity index (χ1v) is 11.7. The number of nitrogens with one attached hydrogen (secondary N) is 1. The molecule has 4 heterocycles. The summed E-state index contributed by atoms with van der Waals surface area (Å²) >= 11 is 0. The monoisotopic (exact) mass is 517 g/mol. The third-order valence-electron chi connectivity index (χ3n) is 6.04. The minimum absolute atomic E-state index is 0.189. The van der Waals surface area contributed by atoms with Crippen LogP contribution in [0.1, 0.15) is 12.2 Å². The first kappa shape index (κ1) is 24.6. The number of hydrogen-bond donors (Lipinski definition) is 1. The molecule has 2 fully saturated rings. The minimum atomic E-state index is -2.83.